The van der Waals surface area contributed by atoms with E-state index in [-0.39, 0.29) is 16.3 Å². The molecule has 0 N–H and O–H groups in total. The van der Waals surface area contributed by atoms with Crippen LogP contribution in [-0.2, 0) is 9.59 Å². The van der Waals surface area contributed by atoms with Gasteiger partial charge in [-0.05, 0) is 50.7 Å². The maximum absolute atomic E-state index is 11.9. The SMILES string of the molecule is CC(=O)SC1CC(=O)N(c2ccc(I)c(Br)n2)C1. The molecule has 1 aliphatic heterocycles. The average Bonchev–Trinajstić information content (AvgIpc) is 2.62. The van der Waals surface area contributed by atoms with E-state index in [1.54, 1.807) is 4.90 Å². The van der Waals surface area contributed by atoms with Crippen LogP contribution in [0.3, 0.4) is 0 Å². The second-order valence-electron chi connectivity index (χ2n) is 3.88. The molecule has 0 aliphatic carbocycles. The molecule has 2 rings (SSSR count). The molecule has 1 amide bonds. The van der Waals surface area contributed by atoms with Gasteiger partial charge >= 0.3 is 0 Å². The molecule has 0 bridgehead atoms. The summed E-state index contributed by atoms with van der Waals surface area (Å²) in [6.45, 7) is 2.07. The second-order valence-corrected chi connectivity index (χ2v) is 7.27. The third-order valence-corrected chi connectivity index (χ3v) is 5.68. The zero-order valence-electron chi connectivity index (χ0n) is 9.52. The first-order chi connectivity index (χ1) is 8.47. The molecule has 0 spiro atoms. The third-order valence-electron chi connectivity index (χ3n) is 2.49. The molecule has 96 valence electrons. The Balaban J connectivity index is 2.16. The molecule has 1 atom stereocenters. The van der Waals surface area contributed by atoms with Crippen molar-refractivity contribution < 1.29 is 9.59 Å². The number of rotatable bonds is 2. The second kappa shape index (κ2) is 5.87. The van der Waals surface area contributed by atoms with E-state index in [9.17, 15) is 9.59 Å². The van der Waals surface area contributed by atoms with E-state index >= 15 is 0 Å². The monoisotopic (exact) mass is 440 g/mol. The number of thioether (sulfide) groups is 1. The fourth-order valence-corrected chi connectivity index (χ4v) is 3.30. The summed E-state index contributed by atoms with van der Waals surface area (Å²) in [5.74, 6) is 0.660. The number of halogens is 2. The third kappa shape index (κ3) is 3.24. The van der Waals surface area contributed by atoms with Crippen LogP contribution in [0.2, 0.25) is 0 Å². The van der Waals surface area contributed by atoms with Gasteiger partial charge in [0.05, 0.1) is 0 Å². The van der Waals surface area contributed by atoms with Gasteiger partial charge in [0.1, 0.15) is 10.4 Å². The number of anilines is 1. The van der Waals surface area contributed by atoms with Gasteiger partial charge in [-0.1, -0.05) is 11.8 Å². The standard InChI is InChI=1S/C11H10BrIN2O2S/c1-6(16)18-7-4-10(17)15(5-7)9-3-2-8(13)11(12)14-9/h2-3,7H,4-5H2,1H3. The molecule has 1 fully saturated rings. The number of amides is 1. The molecule has 4 nitrogen and oxygen atoms in total. The molecule has 1 saturated heterocycles. The van der Waals surface area contributed by atoms with Crippen LogP contribution in [-0.4, -0.2) is 27.8 Å². The van der Waals surface area contributed by atoms with Crippen LogP contribution in [0.5, 0.6) is 0 Å². The van der Waals surface area contributed by atoms with Gasteiger partial charge in [-0.2, -0.15) is 0 Å². The van der Waals surface area contributed by atoms with E-state index in [0.717, 1.165) is 8.17 Å². The molecule has 1 aromatic rings. The topological polar surface area (TPSA) is 50.3 Å². The van der Waals surface area contributed by atoms with Crippen LogP contribution < -0.4 is 4.90 Å². The van der Waals surface area contributed by atoms with Gasteiger partial charge in [-0.25, -0.2) is 4.98 Å². The molecule has 2 heterocycles. The highest BCUT2D eigenvalue weighted by Crippen LogP contribution is 2.29. The summed E-state index contributed by atoms with van der Waals surface area (Å²) in [5.41, 5.74) is 0. The molecule has 0 saturated carbocycles. The van der Waals surface area contributed by atoms with Crippen molar-refractivity contribution in [3.63, 3.8) is 0 Å². The van der Waals surface area contributed by atoms with Gasteiger partial charge in [0.15, 0.2) is 5.12 Å². The first-order valence-corrected chi connectivity index (χ1v) is 8.02. The number of hydrogen-bond acceptors (Lipinski definition) is 4. The largest absolute Gasteiger partial charge is 0.296 e. The van der Waals surface area contributed by atoms with Crippen molar-refractivity contribution in [1.29, 1.82) is 0 Å². The van der Waals surface area contributed by atoms with E-state index in [4.69, 9.17) is 0 Å². The molecule has 1 aliphatic rings. The van der Waals surface area contributed by atoms with Crippen molar-refractivity contribution in [2.24, 2.45) is 0 Å². The number of hydrogen-bond donors (Lipinski definition) is 0. The fraction of sp³-hybridized carbons (Fsp3) is 0.364. The fourth-order valence-electron chi connectivity index (χ4n) is 1.77. The molecule has 0 aromatic carbocycles. The minimum absolute atomic E-state index is 0.0226. The zero-order valence-corrected chi connectivity index (χ0v) is 14.1. The van der Waals surface area contributed by atoms with Gasteiger partial charge in [0.25, 0.3) is 0 Å². The molecular formula is C11H10BrIN2O2S. The van der Waals surface area contributed by atoms with Crippen molar-refractivity contribution in [2.75, 3.05) is 11.4 Å². The van der Waals surface area contributed by atoms with Crippen LogP contribution in [0, 0.1) is 3.57 Å². The molecule has 18 heavy (non-hydrogen) atoms. The predicted octanol–water partition coefficient (Wildman–Crippen LogP) is 2.83. The molecule has 0 radical (unpaired) electrons. The maximum Gasteiger partial charge on any atom is 0.229 e. The number of aromatic nitrogens is 1. The van der Waals surface area contributed by atoms with Crippen molar-refractivity contribution in [3.05, 3.63) is 20.3 Å². The molecular weight excluding hydrogens is 431 g/mol. The summed E-state index contributed by atoms with van der Waals surface area (Å²) in [4.78, 5) is 28.9. The van der Waals surface area contributed by atoms with E-state index in [1.807, 2.05) is 12.1 Å². The number of carbonyl (C=O) groups is 2. The zero-order chi connectivity index (χ0) is 13.3. The van der Waals surface area contributed by atoms with Crippen LogP contribution >= 0.6 is 50.3 Å². The highest BCUT2D eigenvalue weighted by atomic mass is 127. The number of carbonyl (C=O) groups excluding carboxylic acids is 2. The summed E-state index contributed by atoms with van der Waals surface area (Å²) >= 11 is 6.75. The van der Waals surface area contributed by atoms with Gasteiger partial charge in [-0.3, -0.25) is 14.5 Å². The smallest absolute Gasteiger partial charge is 0.229 e. The van der Waals surface area contributed by atoms with Gasteiger partial charge in [0, 0.05) is 28.7 Å². The van der Waals surface area contributed by atoms with E-state index in [2.05, 4.69) is 43.5 Å². The van der Waals surface area contributed by atoms with Crippen LogP contribution in [0.4, 0.5) is 5.82 Å². The van der Waals surface area contributed by atoms with Gasteiger partial charge in [0.2, 0.25) is 5.91 Å². The average molecular weight is 441 g/mol. The highest BCUT2D eigenvalue weighted by molar-refractivity contribution is 14.1. The minimum atomic E-state index is 0.0226. The Labute approximate surface area is 131 Å². The number of pyridine rings is 1. The van der Waals surface area contributed by atoms with E-state index < -0.39 is 0 Å². The lowest BCUT2D eigenvalue weighted by Crippen LogP contribution is -2.26. The Kier molecular flexibility index (Phi) is 4.65. The quantitative estimate of drug-likeness (QED) is 0.524. The van der Waals surface area contributed by atoms with Crippen LogP contribution in [0.25, 0.3) is 0 Å². The van der Waals surface area contributed by atoms with E-state index in [0.29, 0.717) is 18.8 Å². The maximum atomic E-state index is 11.9. The molecule has 1 aromatic heterocycles. The predicted molar refractivity (Wildman–Crippen MR) is 83.7 cm³/mol. The van der Waals surface area contributed by atoms with Gasteiger partial charge < -0.3 is 0 Å². The van der Waals surface area contributed by atoms with Crippen LogP contribution in [0.15, 0.2) is 16.7 Å². The Morgan fingerprint density at radius 2 is 2.33 bits per heavy atom. The lowest BCUT2D eigenvalue weighted by Gasteiger charge is -2.15. The molecule has 1 unspecified atom stereocenters. The summed E-state index contributed by atoms with van der Waals surface area (Å²) in [7, 11) is 0. The molecule has 7 heteroatoms. The van der Waals surface area contributed by atoms with Crippen molar-refractivity contribution in [3.8, 4) is 0 Å². The van der Waals surface area contributed by atoms with Crippen molar-refractivity contribution in [2.45, 2.75) is 18.6 Å². The van der Waals surface area contributed by atoms with Gasteiger partial charge in [-0.15, -0.1) is 0 Å². The number of nitrogens with zero attached hydrogens (tertiary/aromatic N) is 2. The Hall–Kier alpha value is -0.150. The Morgan fingerprint density at radius 3 is 2.94 bits per heavy atom. The Bertz CT molecular complexity index is 512. The minimum Gasteiger partial charge on any atom is -0.296 e. The first kappa shape index (κ1) is 14.3. The van der Waals surface area contributed by atoms with E-state index in [1.165, 1.54) is 18.7 Å². The summed E-state index contributed by atoms with van der Waals surface area (Å²) in [6, 6.07) is 3.73. The summed E-state index contributed by atoms with van der Waals surface area (Å²) < 4.78 is 1.73. The summed E-state index contributed by atoms with van der Waals surface area (Å²) in [6.07, 6.45) is 0.398. The highest BCUT2D eigenvalue weighted by Gasteiger charge is 2.32. The first-order valence-electron chi connectivity index (χ1n) is 5.27. The van der Waals surface area contributed by atoms with Crippen LogP contribution in [0.1, 0.15) is 13.3 Å². The lowest BCUT2D eigenvalue weighted by molar-refractivity contribution is -0.117. The summed E-state index contributed by atoms with van der Waals surface area (Å²) in [5, 5.41) is 0.0845. The van der Waals surface area contributed by atoms with Crippen molar-refractivity contribution in [1.82, 2.24) is 4.98 Å². The lowest BCUT2D eigenvalue weighted by atomic mass is 10.4. The Morgan fingerprint density at radius 1 is 1.61 bits per heavy atom. The normalized spacial score (nSPS) is 19.4. The van der Waals surface area contributed by atoms with Crippen molar-refractivity contribution >= 4 is 67.1 Å².